The van der Waals surface area contributed by atoms with Crippen LogP contribution in [0.15, 0.2) is 24.4 Å². The van der Waals surface area contributed by atoms with Crippen molar-refractivity contribution < 1.29 is 4.79 Å². The van der Waals surface area contributed by atoms with Crippen LogP contribution in [0.5, 0.6) is 0 Å². The summed E-state index contributed by atoms with van der Waals surface area (Å²) in [4.78, 5) is 19.0. The Morgan fingerprint density at radius 1 is 1.16 bits per heavy atom. The smallest absolute Gasteiger partial charge is 0.237 e. The molecular weight excluding hydrogens is 383 g/mol. The van der Waals surface area contributed by atoms with E-state index in [9.17, 15) is 4.79 Å². The van der Waals surface area contributed by atoms with Crippen LogP contribution in [-0.2, 0) is 11.3 Å². The number of nitrogens with zero attached hydrogens (tertiary/aromatic N) is 2. The molecule has 1 aromatic heterocycles. The second-order valence-corrected chi connectivity index (χ2v) is 6.38. The summed E-state index contributed by atoms with van der Waals surface area (Å²) in [7, 11) is 0. The molecule has 2 saturated heterocycles. The maximum absolute atomic E-state index is 12.2. The number of hydrogen-bond acceptors (Lipinski definition) is 4. The van der Waals surface area contributed by atoms with Gasteiger partial charge in [-0.1, -0.05) is 12.5 Å². The molecule has 0 radical (unpaired) electrons. The first-order valence-corrected chi connectivity index (χ1v) is 8.47. The van der Waals surface area contributed by atoms with Crippen LogP contribution < -0.4 is 10.6 Å². The molecule has 2 aliphatic rings. The van der Waals surface area contributed by atoms with Gasteiger partial charge in [0.2, 0.25) is 5.91 Å². The van der Waals surface area contributed by atoms with Crippen LogP contribution in [0.4, 0.5) is 0 Å². The standard InChI is InChI=1S/C17H26N4O.3ClH/c22-17(16-6-2-4-10-19-16)20-14-7-11-21(12-8-14)13-15-5-1-3-9-18-15;;;/h1,3,5,9,14,16,19H,2,4,6-8,10-13H2,(H,20,22);3*1H/t16-;;;/m1.../s1. The van der Waals surface area contributed by atoms with Gasteiger partial charge < -0.3 is 10.6 Å². The summed E-state index contributed by atoms with van der Waals surface area (Å²) in [6, 6.07) is 6.41. The van der Waals surface area contributed by atoms with Gasteiger partial charge in [0.15, 0.2) is 0 Å². The number of halogens is 3. The number of piperidine rings is 2. The number of likely N-dealkylation sites (tertiary alicyclic amines) is 1. The van der Waals surface area contributed by atoms with Crippen LogP contribution in [0.2, 0.25) is 0 Å². The lowest BCUT2D eigenvalue weighted by Crippen LogP contribution is -2.52. The predicted octanol–water partition coefficient (Wildman–Crippen LogP) is 2.57. The van der Waals surface area contributed by atoms with Crippen molar-refractivity contribution in [2.45, 2.75) is 50.7 Å². The molecular formula is C17H29Cl3N4O. The van der Waals surface area contributed by atoms with Crippen molar-refractivity contribution in [2.75, 3.05) is 19.6 Å². The SMILES string of the molecule is Cl.Cl.Cl.O=C(NC1CCN(Cc2ccccn2)CC1)[C@H]1CCCCN1. The lowest BCUT2D eigenvalue weighted by Gasteiger charge is -2.33. The Morgan fingerprint density at radius 2 is 1.92 bits per heavy atom. The summed E-state index contributed by atoms with van der Waals surface area (Å²) < 4.78 is 0. The second kappa shape index (κ2) is 12.7. The molecule has 144 valence electrons. The number of hydrogen-bond donors (Lipinski definition) is 2. The van der Waals surface area contributed by atoms with Gasteiger partial charge in [0.1, 0.15) is 0 Å². The van der Waals surface area contributed by atoms with Gasteiger partial charge >= 0.3 is 0 Å². The largest absolute Gasteiger partial charge is 0.352 e. The van der Waals surface area contributed by atoms with Crippen LogP contribution in [-0.4, -0.2) is 47.5 Å². The Balaban J connectivity index is 0.00000192. The van der Waals surface area contributed by atoms with Gasteiger partial charge in [-0.25, -0.2) is 0 Å². The van der Waals surface area contributed by atoms with E-state index in [-0.39, 0.29) is 49.2 Å². The number of rotatable bonds is 4. The highest BCUT2D eigenvalue weighted by molar-refractivity contribution is 5.86. The third kappa shape index (κ3) is 7.67. The van der Waals surface area contributed by atoms with E-state index in [1.807, 2.05) is 18.3 Å². The van der Waals surface area contributed by atoms with E-state index in [4.69, 9.17) is 0 Å². The maximum atomic E-state index is 12.2. The molecule has 0 unspecified atom stereocenters. The Labute approximate surface area is 168 Å². The quantitative estimate of drug-likeness (QED) is 0.799. The van der Waals surface area contributed by atoms with E-state index >= 15 is 0 Å². The lowest BCUT2D eigenvalue weighted by atomic mass is 10.0. The number of carbonyl (C=O) groups excluding carboxylic acids is 1. The molecule has 3 heterocycles. The maximum Gasteiger partial charge on any atom is 0.237 e. The molecule has 0 aromatic carbocycles. The van der Waals surface area contributed by atoms with Gasteiger partial charge in [0.25, 0.3) is 0 Å². The number of nitrogens with one attached hydrogen (secondary N) is 2. The predicted molar refractivity (Wildman–Crippen MR) is 108 cm³/mol. The molecule has 1 aromatic rings. The average Bonchev–Trinajstić information content (AvgIpc) is 2.58. The van der Waals surface area contributed by atoms with Crippen molar-refractivity contribution in [2.24, 2.45) is 0 Å². The minimum atomic E-state index is 0. The fourth-order valence-corrected chi connectivity index (χ4v) is 3.33. The molecule has 0 aliphatic carbocycles. The molecule has 2 aliphatic heterocycles. The van der Waals surface area contributed by atoms with Crippen LogP contribution in [0.3, 0.4) is 0 Å². The van der Waals surface area contributed by atoms with E-state index in [0.29, 0.717) is 6.04 Å². The Kier molecular flexibility index (Phi) is 12.4. The first-order chi connectivity index (χ1) is 10.8. The molecule has 2 fully saturated rings. The molecule has 0 saturated carbocycles. The molecule has 1 atom stereocenters. The highest BCUT2D eigenvalue weighted by Gasteiger charge is 2.25. The van der Waals surface area contributed by atoms with Gasteiger partial charge in [0, 0.05) is 31.9 Å². The fourth-order valence-electron chi connectivity index (χ4n) is 3.33. The Bertz CT molecular complexity index is 478. The highest BCUT2D eigenvalue weighted by Crippen LogP contribution is 2.14. The van der Waals surface area contributed by atoms with E-state index in [1.54, 1.807) is 0 Å². The average molecular weight is 412 g/mol. The normalized spacial score (nSPS) is 21.2. The van der Waals surface area contributed by atoms with Gasteiger partial charge in [-0.05, 0) is 44.4 Å². The molecule has 2 N–H and O–H groups in total. The third-order valence-corrected chi connectivity index (χ3v) is 4.67. The summed E-state index contributed by atoms with van der Waals surface area (Å²) in [5.74, 6) is 0.197. The van der Waals surface area contributed by atoms with E-state index in [0.717, 1.165) is 57.6 Å². The molecule has 0 spiro atoms. The fraction of sp³-hybridized carbons (Fsp3) is 0.647. The third-order valence-electron chi connectivity index (χ3n) is 4.67. The van der Waals surface area contributed by atoms with Crippen molar-refractivity contribution >= 4 is 43.1 Å². The Morgan fingerprint density at radius 3 is 2.52 bits per heavy atom. The minimum Gasteiger partial charge on any atom is -0.352 e. The number of aromatic nitrogens is 1. The van der Waals surface area contributed by atoms with Crippen molar-refractivity contribution in [1.82, 2.24) is 20.5 Å². The number of amides is 1. The van der Waals surface area contributed by atoms with Gasteiger partial charge in [-0.3, -0.25) is 14.7 Å². The van der Waals surface area contributed by atoms with Crippen molar-refractivity contribution in [1.29, 1.82) is 0 Å². The highest BCUT2D eigenvalue weighted by atomic mass is 35.5. The van der Waals surface area contributed by atoms with E-state index < -0.39 is 0 Å². The van der Waals surface area contributed by atoms with E-state index in [2.05, 4.69) is 26.6 Å². The zero-order chi connectivity index (χ0) is 15.2. The van der Waals surface area contributed by atoms with Crippen molar-refractivity contribution in [3.63, 3.8) is 0 Å². The molecule has 1 amide bonds. The monoisotopic (exact) mass is 410 g/mol. The molecule has 0 bridgehead atoms. The van der Waals surface area contributed by atoms with Crippen molar-refractivity contribution in [3.8, 4) is 0 Å². The zero-order valence-corrected chi connectivity index (χ0v) is 16.8. The molecule has 8 heteroatoms. The van der Waals surface area contributed by atoms with Gasteiger partial charge in [-0.15, -0.1) is 37.2 Å². The summed E-state index contributed by atoms with van der Waals surface area (Å²) >= 11 is 0. The van der Waals surface area contributed by atoms with Crippen LogP contribution in [0.25, 0.3) is 0 Å². The minimum absolute atomic E-state index is 0. The Hall–Kier alpha value is -0.590. The van der Waals surface area contributed by atoms with E-state index in [1.165, 1.54) is 6.42 Å². The van der Waals surface area contributed by atoms with Crippen LogP contribution in [0, 0.1) is 0 Å². The zero-order valence-electron chi connectivity index (χ0n) is 14.4. The topological polar surface area (TPSA) is 57.3 Å². The summed E-state index contributed by atoms with van der Waals surface area (Å²) in [5.41, 5.74) is 1.12. The first-order valence-electron chi connectivity index (χ1n) is 8.47. The van der Waals surface area contributed by atoms with Gasteiger partial charge in [0.05, 0.1) is 11.7 Å². The van der Waals surface area contributed by atoms with Crippen molar-refractivity contribution in [3.05, 3.63) is 30.1 Å². The molecule has 5 nitrogen and oxygen atoms in total. The second-order valence-electron chi connectivity index (χ2n) is 6.38. The van der Waals surface area contributed by atoms with Crippen LogP contribution in [0.1, 0.15) is 37.8 Å². The molecule has 25 heavy (non-hydrogen) atoms. The van der Waals surface area contributed by atoms with Crippen LogP contribution >= 0.6 is 37.2 Å². The number of carbonyl (C=O) groups is 1. The lowest BCUT2D eigenvalue weighted by molar-refractivity contribution is -0.124. The van der Waals surface area contributed by atoms with Gasteiger partial charge in [-0.2, -0.15) is 0 Å². The number of pyridine rings is 1. The summed E-state index contributed by atoms with van der Waals surface area (Å²) in [6.45, 7) is 3.94. The summed E-state index contributed by atoms with van der Waals surface area (Å²) in [6.07, 6.45) is 7.24. The summed E-state index contributed by atoms with van der Waals surface area (Å²) in [5, 5.41) is 6.55. The first kappa shape index (κ1) is 24.4. The molecule has 3 rings (SSSR count).